The number of hydrogen-bond donors (Lipinski definition) is 1. The third kappa shape index (κ3) is 2.18. The SMILES string of the molecule is CC(CN)c1ccc(N2C=NCC2)cc1. The zero-order chi connectivity index (χ0) is 10.7. The first-order chi connectivity index (χ1) is 7.31. The topological polar surface area (TPSA) is 41.6 Å². The molecule has 2 N–H and O–H groups in total. The Balaban J connectivity index is 2.13. The molecule has 1 aliphatic rings. The van der Waals surface area contributed by atoms with Crippen LogP contribution in [-0.2, 0) is 0 Å². The number of nitrogens with two attached hydrogens (primary N) is 1. The van der Waals surface area contributed by atoms with Crippen molar-refractivity contribution in [3.8, 4) is 0 Å². The normalized spacial score (nSPS) is 17.1. The number of nitrogens with zero attached hydrogens (tertiary/aromatic N) is 2. The average Bonchev–Trinajstić information content (AvgIpc) is 2.82. The van der Waals surface area contributed by atoms with Gasteiger partial charge in [0.2, 0.25) is 0 Å². The van der Waals surface area contributed by atoms with Crippen LogP contribution in [0.2, 0.25) is 0 Å². The van der Waals surface area contributed by atoms with Crippen LogP contribution in [0.5, 0.6) is 0 Å². The average molecular weight is 203 g/mol. The standard InChI is InChI=1S/C12H17N3/c1-10(8-13)11-2-4-12(5-3-11)15-7-6-14-9-15/h2-5,9-10H,6-8,13H2,1H3. The smallest absolute Gasteiger partial charge is 0.0895 e. The summed E-state index contributed by atoms with van der Waals surface area (Å²) in [5.41, 5.74) is 8.15. The van der Waals surface area contributed by atoms with Crippen LogP contribution < -0.4 is 10.6 Å². The maximum atomic E-state index is 5.63. The molecule has 80 valence electrons. The van der Waals surface area contributed by atoms with Gasteiger partial charge >= 0.3 is 0 Å². The summed E-state index contributed by atoms with van der Waals surface area (Å²) >= 11 is 0. The molecule has 15 heavy (non-hydrogen) atoms. The Morgan fingerprint density at radius 1 is 1.40 bits per heavy atom. The Morgan fingerprint density at radius 2 is 2.13 bits per heavy atom. The fourth-order valence-electron chi connectivity index (χ4n) is 1.71. The van der Waals surface area contributed by atoms with Gasteiger partial charge < -0.3 is 10.6 Å². The molecule has 2 rings (SSSR count). The number of anilines is 1. The van der Waals surface area contributed by atoms with Crippen molar-refractivity contribution in [3.63, 3.8) is 0 Å². The molecule has 0 radical (unpaired) electrons. The molecule has 1 aromatic carbocycles. The highest BCUT2D eigenvalue weighted by Crippen LogP contribution is 2.19. The van der Waals surface area contributed by atoms with E-state index in [9.17, 15) is 0 Å². The molecule has 1 aliphatic heterocycles. The van der Waals surface area contributed by atoms with E-state index in [1.54, 1.807) is 0 Å². The molecule has 0 aliphatic carbocycles. The van der Waals surface area contributed by atoms with Gasteiger partial charge in [0.1, 0.15) is 0 Å². The van der Waals surface area contributed by atoms with E-state index < -0.39 is 0 Å². The van der Waals surface area contributed by atoms with E-state index in [0.717, 1.165) is 13.1 Å². The summed E-state index contributed by atoms with van der Waals surface area (Å²) in [4.78, 5) is 6.36. The van der Waals surface area contributed by atoms with Crippen molar-refractivity contribution in [1.29, 1.82) is 0 Å². The van der Waals surface area contributed by atoms with Gasteiger partial charge in [0.05, 0.1) is 12.9 Å². The van der Waals surface area contributed by atoms with Gasteiger partial charge in [0.15, 0.2) is 0 Å². The maximum absolute atomic E-state index is 5.63. The summed E-state index contributed by atoms with van der Waals surface area (Å²) < 4.78 is 0. The molecule has 0 amide bonds. The molecule has 0 bridgehead atoms. The minimum Gasteiger partial charge on any atom is -0.331 e. The Hall–Kier alpha value is -1.35. The van der Waals surface area contributed by atoms with Gasteiger partial charge in [-0.25, -0.2) is 0 Å². The summed E-state index contributed by atoms with van der Waals surface area (Å²) in [5.74, 6) is 0.436. The van der Waals surface area contributed by atoms with Gasteiger partial charge in [-0.15, -0.1) is 0 Å². The molecule has 1 heterocycles. The molecule has 0 saturated carbocycles. The molecular weight excluding hydrogens is 186 g/mol. The Labute approximate surface area is 90.6 Å². The lowest BCUT2D eigenvalue weighted by Gasteiger charge is -2.15. The lowest BCUT2D eigenvalue weighted by molar-refractivity contribution is 0.774. The quantitative estimate of drug-likeness (QED) is 0.810. The van der Waals surface area contributed by atoms with Crippen molar-refractivity contribution in [1.82, 2.24) is 0 Å². The van der Waals surface area contributed by atoms with Crippen LogP contribution in [0.15, 0.2) is 29.3 Å². The zero-order valence-electron chi connectivity index (χ0n) is 9.06. The molecular formula is C12H17N3. The van der Waals surface area contributed by atoms with Gasteiger partial charge in [-0.1, -0.05) is 19.1 Å². The van der Waals surface area contributed by atoms with E-state index in [2.05, 4.69) is 41.1 Å². The second kappa shape index (κ2) is 4.45. The molecule has 1 aromatic rings. The van der Waals surface area contributed by atoms with Crippen molar-refractivity contribution >= 4 is 12.0 Å². The molecule has 3 heteroatoms. The Morgan fingerprint density at radius 3 is 2.67 bits per heavy atom. The number of benzene rings is 1. The first-order valence-corrected chi connectivity index (χ1v) is 5.38. The second-order valence-corrected chi connectivity index (χ2v) is 3.94. The highest BCUT2D eigenvalue weighted by Gasteiger charge is 2.08. The van der Waals surface area contributed by atoms with E-state index in [-0.39, 0.29) is 0 Å². The Kier molecular flexibility index (Phi) is 3.02. The van der Waals surface area contributed by atoms with Crippen LogP contribution in [0.25, 0.3) is 0 Å². The van der Waals surface area contributed by atoms with Gasteiger partial charge in [0, 0.05) is 12.2 Å². The molecule has 1 atom stereocenters. The van der Waals surface area contributed by atoms with Gasteiger partial charge in [-0.05, 0) is 30.2 Å². The predicted molar refractivity (Wildman–Crippen MR) is 64.6 cm³/mol. The summed E-state index contributed by atoms with van der Waals surface area (Å²) in [6.45, 7) is 4.74. The minimum atomic E-state index is 0.436. The predicted octanol–water partition coefficient (Wildman–Crippen LogP) is 1.60. The molecule has 0 spiro atoms. The highest BCUT2D eigenvalue weighted by molar-refractivity contribution is 5.80. The molecule has 0 saturated heterocycles. The van der Waals surface area contributed by atoms with Gasteiger partial charge in [-0.3, -0.25) is 4.99 Å². The van der Waals surface area contributed by atoms with Gasteiger partial charge in [0.25, 0.3) is 0 Å². The molecule has 0 fully saturated rings. The number of hydrogen-bond acceptors (Lipinski definition) is 3. The summed E-state index contributed by atoms with van der Waals surface area (Å²) in [7, 11) is 0. The molecule has 3 nitrogen and oxygen atoms in total. The second-order valence-electron chi connectivity index (χ2n) is 3.94. The fourth-order valence-corrected chi connectivity index (χ4v) is 1.71. The van der Waals surface area contributed by atoms with Crippen LogP contribution in [0, 0.1) is 0 Å². The van der Waals surface area contributed by atoms with E-state index in [4.69, 9.17) is 5.73 Å². The molecule has 1 unspecified atom stereocenters. The van der Waals surface area contributed by atoms with E-state index in [1.807, 2.05) is 6.34 Å². The summed E-state index contributed by atoms with van der Waals surface area (Å²) in [5, 5.41) is 0. The minimum absolute atomic E-state index is 0.436. The van der Waals surface area contributed by atoms with E-state index in [1.165, 1.54) is 11.3 Å². The lowest BCUT2D eigenvalue weighted by Crippen LogP contribution is -2.18. The third-order valence-corrected chi connectivity index (χ3v) is 2.84. The van der Waals surface area contributed by atoms with Crippen molar-refractivity contribution in [2.45, 2.75) is 12.8 Å². The first-order valence-electron chi connectivity index (χ1n) is 5.38. The van der Waals surface area contributed by atoms with E-state index >= 15 is 0 Å². The number of rotatable bonds is 3. The Bertz CT molecular complexity index is 342. The monoisotopic (exact) mass is 203 g/mol. The third-order valence-electron chi connectivity index (χ3n) is 2.84. The van der Waals surface area contributed by atoms with Crippen LogP contribution >= 0.6 is 0 Å². The summed E-state index contributed by atoms with van der Waals surface area (Å²) in [6, 6.07) is 8.58. The number of aliphatic imine (C=N–C) groups is 1. The first kappa shape index (κ1) is 10.2. The van der Waals surface area contributed by atoms with Crippen molar-refractivity contribution in [2.24, 2.45) is 10.7 Å². The fraction of sp³-hybridized carbons (Fsp3) is 0.417. The van der Waals surface area contributed by atoms with Crippen LogP contribution in [0.3, 0.4) is 0 Å². The largest absolute Gasteiger partial charge is 0.331 e. The zero-order valence-corrected chi connectivity index (χ0v) is 9.06. The van der Waals surface area contributed by atoms with Crippen molar-refractivity contribution in [2.75, 3.05) is 24.5 Å². The van der Waals surface area contributed by atoms with Crippen molar-refractivity contribution < 1.29 is 0 Å². The maximum Gasteiger partial charge on any atom is 0.0895 e. The lowest BCUT2D eigenvalue weighted by atomic mass is 10.0. The van der Waals surface area contributed by atoms with E-state index in [0.29, 0.717) is 12.5 Å². The van der Waals surface area contributed by atoms with Gasteiger partial charge in [-0.2, -0.15) is 0 Å². The summed E-state index contributed by atoms with van der Waals surface area (Å²) in [6.07, 6.45) is 1.90. The van der Waals surface area contributed by atoms with Crippen LogP contribution in [0.4, 0.5) is 5.69 Å². The van der Waals surface area contributed by atoms with Crippen LogP contribution in [-0.4, -0.2) is 26.0 Å². The van der Waals surface area contributed by atoms with Crippen molar-refractivity contribution in [3.05, 3.63) is 29.8 Å². The molecule has 0 aromatic heterocycles. The van der Waals surface area contributed by atoms with Crippen LogP contribution in [0.1, 0.15) is 18.4 Å². The highest BCUT2D eigenvalue weighted by atomic mass is 15.2.